The molecule has 6 aromatic carbocycles. The second kappa shape index (κ2) is 7.34. The van der Waals surface area contributed by atoms with E-state index in [1.54, 1.807) is 0 Å². The van der Waals surface area contributed by atoms with Gasteiger partial charge in [-0.05, 0) is 46.5 Å². The van der Waals surface area contributed by atoms with Crippen LogP contribution < -0.4 is 0 Å². The molecule has 0 aliphatic carbocycles. The van der Waals surface area contributed by atoms with E-state index in [4.69, 9.17) is 0 Å². The first-order chi connectivity index (χ1) is 17.9. The standard InChI is InChI=1S/C34H22N2/c1-2-14-25(15-3-1)35-30-19-9-8-18-28(30)33-34(35)32-27-17-7-5-12-24(27)21-22-31(32)36(33)29-20-10-13-23-11-4-6-16-26(23)29/h1-22H. The lowest BCUT2D eigenvalue weighted by Crippen LogP contribution is -1.95. The molecule has 0 saturated heterocycles. The van der Waals surface area contributed by atoms with Gasteiger partial charge in [0.1, 0.15) is 0 Å². The van der Waals surface area contributed by atoms with Crippen molar-refractivity contribution in [1.82, 2.24) is 9.13 Å². The highest BCUT2D eigenvalue weighted by atomic mass is 15.1. The smallest absolute Gasteiger partial charge is 0.0810 e. The highest BCUT2D eigenvalue weighted by Crippen LogP contribution is 2.44. The Kier molecular flexibility index (Phi) is 3.97. The highest BCUT2D eigenvalue weighted by Gasteiger charge is 2.23. The van der Waals surface area contributed by atoms with Gasteiger partial charge in [0, 0.05) is 21.8 Å². The summed E-state index contributed by atoms with van der Waals surface area (Å²) in [5.74, 6) is 0. The second-order valence-corrected chi connectivity index (χ2v) is 9.40. The molecule has 0 amide bonds. The number of hydrogen-bond acceptors (Lipinski definition) is 0. The number of rotatable bonds is 2. The van der Waals surface area contributed by atoms with Gasteiger partial charge < -0.3 is 9.13 Å². The van der Waals surface area contributed by atoms with E-state index in [0.29, 0.717) is 0 Å². The van der Waals surface area contributed by atoms with Gasteiger partial charge in [-0.1, -0.05) is 103 Å². The van der Waals surface area contributed by atoms with Crippen molar-refractivity contribution in [3.63, 3.8) is 0 Å². The molecule has 8 aromatic rings. The van der Waals surface area contributed by atoms with Crippen molar-refractivity contribution in [1.29, 1.82) is 0 Å². The fourth-order valence-electron chi connectivity index (χ4n) is 5.99. The predicted octanol–water partition coefficient (Wildman–Crippen LogP) is 9.03. The van der Waals surface area contributed by atoms with Crippen LogP contribution in [0.5, 0.6) is 0 Å². The molecule has 0 atom stereocenters. The van der Waals surface area contributed by atoms with Gasteiger partial charge in [0.2, 0.25) is 0 Å². The molecule has 8 rings (SSSR count). The Balaban J connectivity index is 1.70. The highest BCUT2D eigenvalue weighted by molar-refractivity contribution is 6.27. The third-order valence-electron chi connectivity index (χ3n) is 7.48. The van der Waals surface area contributed by atoms with Gasteiger partial charge in [-0.2, -0.15) is 0 Å². The summed E-state index contributed by atoms with van der Waals surface area (Å²) in [5.41, 5.74) is 7.33. The fraction of sp³-hybridized carbons (Fsp3) is 0. The Bertz CT molecular complexity index is 2090. The quantitative estimate of drug-likeness (QED) is 0.244. The molecular formula is C34H22N2. The van der Waals surface area contributed by atoms with Gasteiger partial charge in [-0.15, -0.1) is 0 Å². The van der Waals surface area contributed by atoms with Crippen LogP contribution in [-0.4, -0.2) is 9.13 Å². The number of benzene rings is 6. The van der Waals surface area contributed by atoms with Crippen molar-refractivity contribution >= 4 is 54.4 Å². The van der Waals surface area contributed by atoms with Crippen LogP contribution >= 0.6 is 0 Å². The summed E-state index contributed by atoms with van der Waals surface area (Å²) in [6.07, 6.45) is 0. The number of nitrogens with zero attached hydrogens (tertiary/aromatic N) is 2. The zero-order valence-corrected chi connectivity index (χ0v) is 19.6. The maximum atomic E-state index is 2.49. The first kappa shape index (κ1) is 19.5. The molecular weight excluding hydrogens is 436 g/mol. The lowest BCUT2D eigenvalue weighted by Gasteiger charge is -2.12. The van der Waals surface area contributed by atoms with Crippen LogP contribution in [0.1, 0.15) is 0 Å². The van der Waals surface area contributed by atoms with Gasteiger partial charge in [-0.25, -0.2) is 0 Å². The van der Waals surface area contributed by atoms with Crippen molar-refractivity contribution in [2.75, 3.05) is 0 Å². The zero-order valence-electron chi connectivity index (χ0n) is 19.6. The molecule has 0 N–H and O–H groups in total. The van der Waals surface area contributed by atoms with Gasteiger partial charge >= 0.3 is 0 Å². The third kappa shape index (κ3) is 2.56. The normalized spacial score (nSPS) is 11.9. The lowest BCUT2D eigenvalue weighted by atomic mass is 10.1. The third-order valence-corrected chi connectivity index (χ3v) is 7.48. The van der Waals surface area contributed by atoms with Crippen LogP contribution in [0.3, 0.4) is 0 Å². The maximum Gasteiger partial charge on any atom is 0.0810 e. The number of para-hydroxylation sites is 2. The Hall–Kier alpha value is -4.82. The molecule has 2 aromatic heterocycles. The minimum absolute atomic E-state index is 1.17. The van der Waals surface area contributed by atoms with Gasteiger partial charge in [0.05, 0.1) is 27.8 Å². The molecule has 0 unspecified atom stereocenters. The molecule has 2 heteroatoms. The minimum atomic E-state index is 1.17. The molecule has 168 valence electrons. The molecule has 2 nitrogen and oxygen atoms in total. The molecule has 36 heavy (non-hydrogen) atoms. The number of hydrogen-bond donors (Lipinski definition) is 0. The van der Waals surface area contributed by atoms with Gasteiger partial charge in [0.15, 0.2) is 0 Å². The van der Waals surface area contributed by atoms with Crippen LogP contribution in [0.2, 0.25) is 0 Å². The second-order valence-electron chi connectivity index (χ2n) is 9.40. The number of fused-ring (bicyclic) bond motifs is 8. The molecule has 0 aliphatic heterocycles. The van der Waals surface area contributed by atoms with E-state index in [9.17, 15) is 0 Å². The summed E-state index contributed by atoms with van der Waals surface area (Å²) in [6, 6.07) is 48.2. The SMILES string of the molecule is c1ccc(-n2c3ccccc3c3c2c2c4ccccc4ccc2n3-c2cccc3ccccc23)cc1. The van der Waals surface area contributed by atoms with E-state index in [-0.39, 0.29) is 0 Å². The topological polar surface area (TPSA) is 9.86 Å². The van der Waals surface area contributed by atoms with Gasteiger partial charge in [-0.3, -0.25) is 0 Å². The Morgan fingerprint density at radius 2 is 1.00 bits per heavy atom. The van der Waals surface area contributed by atoms with Crippen LogP contribution in [-0.2, 0) is 0 Å². The summed E-state index contributed by atoms with van der Waals surface area (Å²) < 4.78 is 4.93. The summed E-state index contributed by atoms with van der Waals surface area (Å²) in [7, 11) is 0. The first-order valence-corrected chi connectivity index (χ1v) is 12.4. The largest absolute Gasteiger partial charge is 0.307 e. The van der Waals surface area contributed by atoms with Crippen LogP contribution in [0, 0.1) is 0 Å². The van der Waals surface area contributed by atoms with Crippen LogP contribution in [0.4, 0.5) is 0 Å². The van der Waals surface area contributed by atoms with E-state index in [1.807, 2.05) is 0 Å². The molecule has 0 saturated carbocycles. The average molecular weight is 459 g/mol. The lowest BCUT2D eigenvalue weighted by molar-refractivity contribution is 1.18. The first-order valence-electron chi connectivity index (χ1n) is 12.4. The number of aromatic nitrogens is 2. The van der Waals surface area contributed by atoms with E-state index >= 15 is 0 Å². The fourth-order valence-corrected chi connectivity index (χ4v) is 5.99. The Labute approximate surface area is 208 Å². The van der Waals surface area contributed by atoms with Crippen molar-refractivity contribution in [3.05, 3.63) is 133 Å². The molecule has 0 fully saturated rings. The molecule has 0 spiro atoms. The van der Waals surface area contributed by atoms with Crippen LogP contribution in [0.15, 0.2) is 133 Å². The predicted molar refractivity (Wildman–Crippen MR) is 153 cm³/mol. The van der Waals surface area contributed by atoms with E-state index in [0.717, 1.165) is 0 Å². The molecule has 0 aliphatic rings. The van der Waals surface area contributed by atoms with E-state index < -0.39 is 0 Å². The van der Waals surface area contributed by atoms with Crippen molar-refractivity contribution < 1.29 is 0 Å². The Morgan fingerprint density at radius 3 is 1.83 bits per heavy atom. The van der Waals surface area contributed by atoms with Gasteiger partial charge in [0.25, 0.3) is 0 Å². The van der Waals surface area contributed by atoms with Crippen molar-refractivity contribution in [3.8, 4) is 11.4 Å². The summed E-state index contributed by atoms with van der Waals surface area (Å²) in [4.78, 5) is 0. The molecule has 0 bridgehead atoms. The summed E-state index contributed by atoms with van der Waals surface area (Å²) in [5, 5.41) is 7.58. The van der Waals surface area contributed by atoms with E-state index in [1.165, 1.54) is 65.8 Å². The minimum Gasteiger partial charge on any atom is -0.307 e. The van der Waals surface area contributed by atoms with Crippen molar-refractivity contribution in [2.45, 2.75) is 0 Å². The molecule has 2 heterocycles. The average Bonchev–Trinajstić information content (AvgIpc) is 3.46. The van der Waals surface area contributed by atoms with Crippen LogP contribution in [0.25, 0.3) is 65.8 Å². The monoisotopic (exact) mass is 458 g/mol. The van der Waals surface area contributed by atoms with E-state index in [2.05, 4.69) is 143 Å². The molecule has 0 radical (unpaired) electrons. The maximum absolute atomic E-state index is 2.49. The zero-order chi connectivity index (χ0) is 23.6. The Morgan fingerprint density at radius 1 is 0.361 bits per heavy atom. The van der Waals surface area contributed by atoms with Crippen molar-refractivity contribution in [2.24, 2.45) is 0 Å². The summed E-state index contributed by atoms with van der Waals surface area (Å²) in [6.45, 7) is 0. The summed E-state index contributed by atoms with van der Waals surface area (Å²) >= 11 is 0.